The zero-order valence-corrected chi connectivity index (χ0v) is 25.0. The molecule has 0 saturated heterocycles. The van der Waals surface area contributed by atoms with Crippen molar-refractivity contribution >= 4 is 18.9 Å². The maximum absolute atomic E-state index is 6.81. The molecule has 2 aromatic carbocycles. The molecule has 0 aromatic heterocycles. The fraction of sp³-hybridized carbons (Fsp3) is 0.588. The van der Waals surface area contributed by atoms with Crippen LogP contribution in [0.3, 0.4) is 0 Å². The van der Waals surface area contributed by atoms with Gasteiger partial charge in [-0.1, -0.05) is 170 Å². The van der Waals surface area contributed by atoms with E-state index in [-0.39, 0.29) is 0 Å². The molecule has 0 atom stereocenters. The van der Waals surface area contributed by atoms with Crippen molar-refractivity contribution in [1.29, 1.82) is 0 Å². The maximum atomic E-state index is 6.81. The Kier molecular flexibility index (Phi) is 18.1. The van der Waals surface area contributed by atoms with Gasteiger partial charge in [-0.2, -0.15) is 0 Å². The van der Waals surface area contributed by atoms with Gasteiger partial charge in [0.2, 0.25) is 0 Å². The minimum atomic E-state index is -2.75. The molecule has 0 amide bonds. The highest BCUT2D eigenvalue weighted by Crippen LogP contribution is 2.15. The first-order valence-corrected chi connectivity index (χ1v) is 17.2. The average Bonchev–Trinajstić information content (AvgIpc) is 2.95. The summed E-state index contributed by atoms with van der Waals surface area (Å²) in [4.78, 5) is 0. The van der Waals surface area contributed by atoms with Crippen LogP contribution >= 0.6 is 0 Å². The molecule has 37 heavy (non-hydrogen) atoms. The first-order valence-electron chi connectivity index (χ1n) is 15.4. The molecule has 206 valence electrons. The molecule has 0 bridgehead atoms. The molecule has 0 heterocycles. The van der Waals surface area contributed by atoms with E-state index in [1.165, 1.54) is 93.8 Å². The molecular weight excluding hydrogens is 468 g/mol. The molecule has 0 radical (unpaired) electrons. The molecule has 3 heteroatoms. The minimum absolute atomic E-state index is 0.686. The van der Waals surface area contributed by atoms with Gasteiger partial charge in [-0.3, -0.25) is 0 Å². The van der Waals surface area contributed by atoms with Crippen molar-refractivity contribution in [3.63, 3.8) is 0 Å². The van der Waals surface area contributed by atoms with Crippen LogP contribution in [0.15, 0.2) is 72.8 Å². The van der Waals surface area contributed by atoms with E-state index in [1.807, 2.05) is 0 Å². The first-order chi connectivity index (χ1) is 18.3. The Morgan fingerprint density at radius 3 is 1.41 bits per heavy atom. The Morgan fingerprint density at radius 1 is 0.514 bits per heavy atom. The number of hydrogen-bond acceptors (Lipinski definition) is 2. The lowest BCUT2D eigenvalue weighted by molar-refractivity contribution is 0.190. The molecule has 0 fully saturated rings. The zero-order valence-electron chi connectivity index (χ0n) is 24.0. The molecular formula is C34H54O2Si. The Labute approximate surface area is 230 Å². The van der Waals surface area contributed by atoms with Gasteiger partial charge in [0, 0.05) is 13.2 Å². The summed E-state index contributed by atoms with van der Waals surface area (Å²) in [5, 5.41) is 2.40. The van der Waals surface area contributed by atoms with E-state index >= 15 is 0 Å². The van der Waals surface area contributed by atoms with E-state index in [2.05, 4.69) is 86.7 Å². The summed E-state index contributed by atoms with van der Waals surface area (Å²) >= 11 is 0. The third-order valence-electron chi connectivity index (χ3n) is 7.10. The molecule has 0 spiro atoms. The van der Waals surface area contributed by atoms with E-state index < -0.39 is 8.56 Å². The number of rotatable bonds is 23. The molecule has 0 aliphatic heterocycles. The van der Waals surface area contributed by atoms with Crippen molar-refractivity contribution in [3.05, 3.63) is 72.8 Å². The molecule has 0 aliphatic rings. The van der Waals surface area contributed by atoms with Gasteiger partial charge in [0.25, 0.3) is 0 Å². The van der Waals surface area contributed by atoms with Crippen LogP contribution in [0.2, 0.25) is 0 Å². The predicted molar refractivity (Wildman–Crippen MR) is 164 cm³/mol. The maximum Gasteiger partial charge on any atom is 0.407 e. The predicted octanol–water partition coefficient (Wildman–Crippen LogP) is 9.11. The molecule has 2 aromatic rings. The summed E-state index contributed by atoms with van der Waals surface area (Å²) < 4.78 is 13.5. The van der Waals surface area contributed by atoms with Crippen LogP contribution in [-0.2, 0) is 8.85 Å². The second-order valence-corrected chi connectivity index (χ2v) is 13.3. The lowest BCUT2D eigenvalue weighted by Gasteiger charge is -2.31. The van der Waals surface area contributed by atoms with Gasteiger partial charge in [0.15, 0.2) is 0 Å². The van der Waals surface area contributed by atoms with E-state index in [0.29, 0.717) is 6.61 Å². The summed E-state index contributed by atoms with van der Waals surface area (Å²) in [6, 6.07) is 21.3. The highest BCUT2D eigenvalue weighted by Gasteiger charge is 2.42. The highest BCUT2D eigenvalue weighted by atomic mass is 28.4. The smallest absolute Gasteiger partial charge is 0.388 e. The van der Waals surface area contributed by atoms with E-state index in [1.54, 1.807) is 0 Å². The van der Waals surface area contributed by atoms with Crippen LogP contribution in [0.25, 0.3) is 0 Å². The lowest BCUT2D eigenvalue weighted by atomic mass is 10.0. The van der Waals surface area contributed by atoms with Gasteiger partial charge in [-0.25, -0.2) is 0 Å². The standard InChI is InChI=1S/C34H54O2Si/c1-3-5-7-9-10-11-12-13-14-15-16-17-18-26-32-36-37(33-27-21-19-22-28-33,34-29-23-20-24-30-34)35-31-25-8-6-4-2/h6,8,19-24,27-30H,3-5,7,9-18,25-26,31-32H2,1-2H3/b8-6-. The van der Waals surface area contributed by atoms with Crippen molar-refractivity contribution in [2.75, 3.05) is 13.2 Å². The Hall–Kier alpha value is -1.68. The van der Waals surface area contributed by atoms with Gasteiger partial charge in [0.1, 0.15) is 0 Å². The molecule has 0 saturated carbocycles. The summed E-state index contributed by atoms with van der Waals surface area (Å²) in [5.74, 6) is 0. The molecule has 2 nitrogen and oxygen atoms in total. The van der Waals surface area contributed by atoms with Gasteiger partial charge in [-0.15, -0.1) is 0 Å². The van der Waals surface area contributed by atoms with Gasteiger partial charge < -0.3 is 8.85 Å². The largest absolute Gasteiger partial charge is 0.407 e. The van der Waals surface area contributed by atoms with Gasteiger partial charge in [0.05, 0.1) is 0 Å². The lowest BCUT2D eigenvalue weighted by Crippen LogP contribution is -2.63. The quantitative estimate of drug-likeness (QED) is 0.0823. The molecule has 0 N–H and O–H groups in total. The summed E-state index contributed by atoms with van der Waals surface area (Å²) in [7, 11) is -2.75. The van der Waals surface area contributed by atoms with Crippen molar-refractivity contribution in [3.8, 4) is 0 Å². The fourth-order valence-corrected chi connectivity index (χ4v) is 8.11. The SMILES string of the molecule is CC/C=C\CCO[Si](OCCCCCCCCCCCCCCCC)(c1ccccc1)c1ccccc1. The number of benzene rings is 2. The Bertz CT molecular complexity index is 750. The second kappa shape index (κ2) is 21.3. The summed E-state index contributed by atoms with van der Waals surface area (Å²) in [6.45, 7) is 5.91. The highest BCUT2D eigenvalue weighted by molar-refractivity contribution is 6.92. The second-order valence-electron chi connectivity index (χ2n) is 10.3. The third-order valence-corrected chi connectivity index (χ3v) is 10.5. The normalized spacial score (nSPS) is 11.9. The molecule has 2 rings (SSSR count). The van der Waals surface area contributed by atoms with Crippen LogP contribution in [0, 0.1) is 0 Å². The summed E-state index contributed by atoms with van der Waals surface area (Å²) in [5.41, 5.74) is 0. The van der Waals surface area contributed by atoms with Crippen LogP contribution < -0.4 is 10.4 Å². The van der Waals surface area contributed by atoms with Crippen molar-refractivity contribution in [1.82, 2.24) is 0 Å². The Morgan fingerprint density at radius 2 is 0.946 bits per heavy atom. The van der Waals surface area contributed by atoms with Gasteiger partial charge in [-0.05, 0) is 29.6 Å². The van der Waals surface area contributed by atoms with Crippen LogP contribution in [-0.4, -0.2) is 21.8 Å². The number of unbranched alkanes of at least 4 members (excludes halogenated alkanes) is 13. The van der Waals surface area contributed by atoms with Crippen LogP contribution in [0.1, 0.15) is 117 Å². The van der Waals surface area contributed by atoms with Crippen molar-refractivity contribution < 1.29 is 8.85 Å². The van der Waals surface area contributed by atoms with E-state index in [0.717, 1.165) is 25.9 Å². The number of allylic oxidation sites excluding steroid dienone is 1. The average molecular weight is 523 g/mol. The zero-order chi connectivity index (χ0) is 26.3. The number of hydrogen-bond donors (Lipinski definition) is 0. The topological polar surface area (TPSA) is 18.5 Å². The summed E-state index contributed by atoms with van der Waals surface area (Å²) in [6.07, 6.45) is 25.6. The minimum Gasteiger partial charge on any atom is -0.388 e. The van der Waals surface area contributed by atoms with E-state index in [9.17, 15) is 0 Å². The monoisotopic (exact) mass is 522 g/mol. The van der Waals surface area contributed by atoms with Gasteiger partial charge >= 0.3 is 8.56 Å². The third kappa shape index (κ3) is 13.1. The molecule has 0 unspecified atom stereocenters. The fourth-order valence-electron chi connectivity index (χ4n) is 4.92. The molecule has 0 aliphatic carbocycles. The van der Waals surface area contributed by atoms with Crippen molar-refractivity contribution in [2.45, 2.75) is 117 Å². The van der Waals surface area contributed by atoms with Crippen LogP contribution in [0.5, 0.6) is 0 Å². The van der Waals surface area contributed by atoms with E-state index in [4.69, 9.17) is 8.85 Å². The van der Waals surface area contributed by atoms with Crippen LogP contribution in [0.4, 0.5) is 0 Å². The first kappa shape index (κ1) is 31.5. The Balaban J connectivity index is 1.76. The van der Waals surface area contributed by atoms with Crippen molar-refractivity contribution in [2.24, 2.45) is 0 Å².